The Kier molecular flexibility index (Phi) is 4.27. The minimum atomic E-state index is -6.04. The van der Waals surface area contributed by atoms with E-state index in [1.54, 1.807) is 0 Å². The Labute approximate surface area is 107 Å². The number of halogens is 7. The lowest BCUT2D eigenvalue weighted by Gasteiger charge is -2.25. The maximum Gasteiger partial charge on any atom is 0.527 e. The van der Waals surface area contributed by atoms with Crippen LogP contribution in [0.15, 0.2) is 30.3 Å². The van der Waals surface area contributed by atoms with Gasteiger partial charge in [-0.1, -0.05) is 18.2 Å². The van der Waals surface area contributed by atoms with Gasteiger partial charge < -0.3 is 5.32 Å². The number of nitrogens with one attached hydrogen (secondary N) is 1. The molecule has 1 amide bonds. The molecule has 0 bridgehead atoms. The van der Waals surface area contributed by atoms with Gasteiger partial charge in [-0.25, -0.2) is 4.74 Å². The summed E-state index contributed by atoms with van der Waals surface area (Å²) in [4.78, 5) is 11.0. The predicted molar refractivity (Wildman–Crippen MR) is 52.1 cm³/mol. The number of ether oxygens (including phenoxy) is 1. The van der Waals surface area contributed by atoms with E-state index < -0.39 is 24.3 Å². The molecule has 0 heterocycles. The quantitative estimate of drug-likeness (QED) is 0.866. The third-order valence-electron chi connectivity index (χ3n) is 1.93. The van der Waals surface area contributed by atoms with Gasteiger partial charge in [0.05, 0.1) is 0 Å². The normalized spacial score (nSPS) is 13.2. The maximum atomic E-state index is 13.0. The lowest BCUT2D eigenvalue weighted by molar-refractivity contribution is -0.457. The van der Waals surface area contributed by atoms with Crippen molar-refractivity contribution >= 4 is 11.6 Å². The minimum Gasteiger partial charge on any atom is -0.321 e. The molecular formula is C10H6F7NO2. The number of amides is 1. The van der Waals surface area contributed by atoms with Crippen molar-refractivity contribution in [1.29, 1.82) is 0 Å². The molecule has 10 heteroatoms. The third-order valence-corrected chi connectivity index (χ3v) is 1.93. The Morgan fingerprint density at radius 1 is 0.950 bits per heavy atom. The summed E-state index contributed by atoms with van der Waals surface area (Å²) in [5.41, 5.74) is -0.292. The highest BCUT2D eigenvalue weighted by atomic mass is 19.4. The van der Waals surface area contributed by atoms with Gasteiger partial charge in [0.25, 0.3) is 0 Å². The molecule has 0 aliphatic heterocycles. The van der Waals surface area contributed by atoms with E-state index in [9.17, 15) is 35.5 Å². The number of rotatable bonds is 4. The van der Waals surface area contributed by atoms with Gasteiger partial charge in [-0.2, -0.15) is 17.6 Å². The van der Waals surface area contributed by atoms with Crippen LogP contribution in [-0.4, -0.2) is 24.3 Å². The van der Waals surface area contributed by atoms with Crippen LogP contribution in [-0.2, 0) is 9.53 Å². The van der Waals surface area contributed by atoms with E-state index in [0.717, 1.165) is 12.1 Å². The first-order chi connectivity index (χ1) is 8.96. The Morgan fingerprint density at radius 2 is 1.45 bits per heavy atom. The highest BCUT2D eigenvalue weighted by molar-refractivity contribution is 5.96. The number of carbonyl (C=O) groups is 1. The van der Waals surface area contributed by atoms with Crippen LogP contribution in [0, 0.1) is 0 Å². The highest BCUT2D eigenvalue weighted by Crippen LogP contribution is 2.40. The summed E-state index contributed by atoms with van der Waals surface area (Å²) in [6, 6.07) is 6.18. The van der Waals surface area contributed by atoms with Crippen LogP contribution in [0.4, 0.5) is 36.4 Å². The number of para-hydroxylation sites is 1. The first-order valence-corrected chi connectivity index (χ1v) is 4.85. The average molecular weight is 305 g/mol. The van der Waals surface area contributed by atoms with Crippen LogP contribution in [0.2, 0.25) is 0 Å². The van der Waals surface area contributed by atoms with Gasteiger partial charge in [0.1, 0.15) is 0 Å². The van der Waals surface area contributed by atoms with Gasteiger partial charge in [0.15, 0.2) is 0 Å². The van der Waals surface area contributed by atoms with E-state index in [2.05, 4.69) is 0 Å². The second-order valence-electron chi connectivity index (χ2n) is 3.46. The lowest BCUT2D eigenvalue weighted by atomic mass is 10.2. The van der Waals surface area contributed by atoms with E-state index in [0.29, 0.717) is 0 Å². The van der Waals surface area contributed by atoms with Gasteiger partial charge in [-0.15, -0.1) is 13.2 Å². The van der Waals surface area contributed by atoms with Crippen molar-refractivity contribution in [2.24, 2.45) is 0 Å². The topological polar surface area (TPSA) is 38.3 Å². The summed E-state index contributed by atoms with van der Waals surface area (Å²) in [5, 5.41) is 1.36. The van der Waals surface area contributed by atoms with E-state index in [1.807, 2.05) is 4.74 Å². The SMILES string of the molecule is O=C(Nc1ccccc1)C(F)(F)C(F)(F)OC(F)(F)F. The number of anilines is 1. The summed E-state index contributed by atoms with van der Waals surface area (Å²) in [6.45, 7) is 0. The smallest absolute Gasteiger partial charge is 0.321 e. The molecule has 1 rings (SSSR count). The Balaban J connectivity index is 2.89. The minimum absolute atomic E-state index is 0.292. The van der Waals surface area contributed by atoms with Crippen molar-refractivity contribution in [2.45, 2.75) is 18.4 Å². The largest absolute Gasteiger partial charge is 0.527 e. The summed E-state index contributed by atoms with van der Waals surface area (Å²) in [6.07, 6.45) is -12.1. The summed E-state index contributed by atoms with van der Waals surface area (Å²) in [7, 11) is 0. The molecule has 0 saturated heterocycles. The Morgan fingerprint density at radius 3 is 1.90 bits per heavy atom. The fraction of sp³-hybridized carbons (Fsp3) is 0.300. The Hall–Kier alpha value is -1.84. The van der Waals surface area contributed by atoms with Gasteiger partial charge in [-0.3, -0.25) is 4.79 Å². The molecule has 0 spiro atoms. The highest BCUT2D eigenvalue weighted by Gasteiger charge is 2.67. The zero-order chi connectivity index (χ0) is 15.6. The number of hydrogen-bond acceptors (Lipinski definition) is 2. The fourth-order valence-electron chi connectivity index (χ4n) is 1.07. The molecule has 0 aliphatic carbocycles. The van der Waals surface area contributed by atoms with Gasteiger partial charge in [0.2, 0.25) is 0 Å². The number of benzene rings is 1. The third kappa shape index (κ3) is 3.83. The molecular weight excluding hydrogens is 299 g/mol. The van der Waals surface area contributed by atoms with Crippen LogP contribution in [0.3, 0.4) is 0 Å². The molecule has 0 aromatic heterocycles. The molecule has 3 nitrogen and oxygen atoms in total. The summed E-state index contributed by atoms with van der Waals surface area (Å²) in [5.74, 6) is -8.34. The summed E-state index contributed by atoms with van der Waals surface area (Å²) < 4.78 is 88.3. The molecule has 0 aliphatic rings. The van der Waals surface area contributed by atoms with Crippen molar-refractivity contribution < 1.29 is 40.3 Å². The van der Waals surface area contributed by atoms with Gasteiger partial charge in [-0.05, 0) is 12.1 Å². The van der Waals surface area contributed by atoms with Crippen LogP contribution < -0.4 is 5.32 Å². The van der Waals surface area contributed by atoms with Crippen molar-refractivity contribution in [3.05, 3.63) is 30.3 Å². The van der Waals surface area contributed by atoms with Crippen LogP contribution >= 0.6 is 0 Å². The van der Waals surface area contributed by atoms with Gasteiger partial charge >= 0.3 is 24.3 Å². The summed E-state index contributed by atoms with van der Waals surface area (Å²) >= 11 is 0. The molecule has 1 aromatic carbocycles. The molecule has 0 unspecified atom stereocenters. The zero-order valence-corrected chi connectivity index (χ0v) is 9.35. The van der Waals surface area contributed by atoms with Crippen LogP contribution in [0.25, 0.3) is 0 Å². The van der Waals surface area contributed by atoms with Crippen molar-refractivity contribution in [3.8, 4) is 0 Å². The molecule has 1 N–H and O–H groups in total. The molecule has 1 aromatic rings. The molecule has 0 fully saturated rings. The molecule has 0 atom stereocenters. The van der Waals surface area contributed by atoms with E-state index in [4.69, 9.17) is 0 Å². The van der Waals surface area contributed by atoms with Crippen molar-refractivity contribution in [2.75, 3.05) is 5.32 Å². The standard InChI is InChI=1S/C10H6F7NO2/c11-8(12,9(13,14)20-10(15,16)17)7(19)18-6-4-2-1-3-5-6/h1-5H,(H,18,19). The predicted octanol–water partition coefficient (Wildman–Crippen LogP) is 3.39. The average Bonchev–Trinajstić information content (AvgIpc) is 2.26. The fourth-order valence-corrected chi connectivity index (χ4v) is 1.07. The number of carbonyl (C=O) groups excluding carboxylic acids is 1. The van der Waals surface area contributed by atoms with Crippen LogP contribution in [0.1, 0.15) is 0 Å². The van der Waals surface area contributed by atoms with E-state index in [-0.39, 0.29) is 5.69 Å². The lowest BCUT2D eigenvalue weighted by Crippen LogP contribution is -2.53. The number of hydrogen-bond donors (Lipinski definition) is 1. The van der Waals surface area contributed by atoms with E-state index in [1.165, 1.54) is 23.5 Å². The second-order valence-corrected chi connectivity index (χ2v) is 3.46. The number of alkyl halides is 7. The van der Waals surface area contributed by atoms with E-state index >= 15 is 0 Å². The first-order valence-electron chi connectivity index (χ1n) is 4.85. The molecule has 0 radical (unpaired) electrons. The molecule has 112 valence electrons. The molecule has 0 saturated carbocycles. The maximum absolute atomic E-state index is 13.0. The molecule has 20 heavy (non-hydrogen) atoms. The second kappa shape index (κ2) is 5.27. The van der Waals surface area contributed by atoms with Crippen molar-refractivity contribution in [3.63, 3.8) is 0 Å². The van der Waals surface area contributed by atoms with Crippen molar-refractivity contribution in [1.82, 2.24) is 0 Å². The monoisotopic (exact) mass is 305 g/mol. The van der Waals surface area contributed by atoms with Crippen LogP contribution in [0.5, 0.6) is 0 Å². The van der Waals surface area contributed by atoms with Gasteiger partial charge in [0, 0.05) is 5.69 Å². The first kappa shape index (κ1) is 16.2. The zero-order valence-electron chi connectivity index (χ0n) is 9.35. The Bertz CT molecular complexity index is 472.